The number of hydrogen-bond acceptors (Lipinski definition) is 6. The van der Waals surface area contributed by atoms with E-state index in [0.717, 1.165) is 24.6 Å². The second-order valence-corrected chi connectivity index (χ2v) is 6.37. The number of methoxy groups -OCH3 is 1. The molecule has 0 atom stereocenters. The molecule has 1 saturated heterocycles. The lowest BCUT2D eigenvalue weighted by atomic mass is 10.2. The molecule has 3 amide bonds. The van der Waals surface area contributed by atoms with Gasteiger partial charge in [-0.15, -0.1) is 0 Å². The monoisotopic (exact) mass is 416 g/mol. The topological polar surface area (TPSA) is 131 Å². The molecular weight excluding hydrogens is 399 g/mol. The number of carbonyl (C=O) groups is 3. The Kier molecular flexibility index (Phi) is 5.90. The largest absolute Gasteiger partial charge is 0.494 e. The van der Waals surface area contributed by atoms with Gasteiger partial charge in [0.15, 0.2) is 0 Å². The minimum absolute atomic E-state index is 0.0298. The van der Waals surface area contributed by atoms with Crippen LogP contribution in [0.2, 0.25) is 0 Å². The summed E-state index contributed by atoms with van der Waals surface area (Å²) >= 11 is 0. The third-order valence-corrected chi connectivity index (χ3v) is 4.41. The molecule has 30 heavy (non-hydrogen) atoms. The first-order valence-electron chi connectivity index (χ1n) is 8.85. The zero-order valence-corrected chi connectivity index (χ0v) is 15.8. The van der Waals surface area contributed by atoms with Crippen molar-refractivity contribution >= 4 is 40.5 Å². The summed E-state index contributed by atoms with van der Waals surface area (Å²) in [5, 5.41) is 15.3. The van der Waals surface area contributed by atoms with E-state index in [1.807, 2.05) is 0 Å². The number of benzene rings is 2. The number of ether oxygens (including phenoxy) is 1. The van der Waals surface area contributed by atoms with E-state index in [9.17, 15) is 28.9 Å². The third-order valence-electron chi connectivity index (χ3n) is 4.41. The van der Waals surface area contributed by atoms with Gasteiger partial charge in [0.1, 0.15) is 5.75 Å². The number of halogens is 1. The average Bonchev–Trinajstić information content (AvgIpc) is 3.14. The van der Waals surface area contributed by atoms with E-state index >= 15 is 0 Å². The van der Waals surface area contributed by atoms with Crippen LogP contribution >= 0.6 is 0 Å². The van der Waals surface area contributed by atoms with Crippen LogP contribution in [0.3, 0.4) is 0 Å². The van der Waals surface area contributed by atoms with Crippen molar-refractivity contribution in [1.29, 1.82) is 0 Å². The molecule has 2 aromatic rings. The number of carbonyl (C=O) groups excluding carboxylic acids is 3. The van der Waals surface area contributed by atoms with Crippen LogP contribution in [-0.4, -0.2) is 36.3 Å². The summed E-state index contributed by atoms with van der Waals surface area (Å²) in [7, 11) is 1.42. The molecule has 0 unspecified atom stereocenters. The Labute approximate surface area is 169 Å². The molecule has 1 heterocycles. The molecule has 3 rings (SSSR count). The zero-order chi connectivity index (χ0) is 21.8. The highest BCUT2D eigenvalue weighted by molar-refractivity contribution is 6.43. The summed E-state index contributed by atoms with van der Waals surface area (Å²) in [6.07, 6.45) is 1.19. The van der Waals surface area contributed by atoms with Gasteiger partial charge in [-0.1, -0.05) is 0 Å². The molecule has 0 aromatic heterocycles. The lowest BCUT2D eigenvalue weighted by Gasteiger charge is -2.19. The number of rotatable bonds is 5. The summed E-state index contributed by atoms with van der Waals surface area (Å²) in [5.74, 6) is -2.90. The fourth-order valence-corrected chi connectivity index (χ4v) is 2.99. The van der Waals surface area contributed by atoms with Gasteiger partial charge in [0.05, 0.1) is 17.7 Å². The van der Waals surface area contributed by atoms with Crippen molar-refractivity contribution in [1.82, 2.24) is 0 Å². The van der Waals surface area contributed by atoms with Crippen molar-refractivity contribution in [2.45, 2.75) is 12.8 Å². The highest BCUT2D eigenvalue weighted by Crippen LogP contribution is 2.33. The number of amides is 3. The van der Waals surface area contributed by atoms with Crippen LogP contribution in [0, 0.1) is 15.9 Å². The fourth-order valence-electron chi connectivity index (χ4n) is 2.99. The van der Waals surface area contributed by atoms with Crippen molar-refractivity contribution in [3.63, 3.8) is 0 Å². The van der Waals surface area contributed by atoms with Crippen LogP contribution in [0.5, 0.6) is 5.75 Å². The van der Waals surface area contributed by atoms with E-state index in [4.69, 9.17) is 4.74 Å². The number of nitrogens with zero attached hydrogens (tertiary/aromatic N) is 2. The molecule has 156 valence electrons. The maximum absolute atomic E-state index is 13.4. The molecule has 2 aromatic carbocycles. The molecule has 0 aliphatic carbocycles. The predicted molar refractivity (Wildman–Crippen MR) is 105 cm³/mol. The van der Waals surface area contributed by atoms with E-state index in [2.05, 4.69) is 10.6 Å². The lowest BCUT2D eigenvalue weighted by molar-refractivity contribution is -0.387. The molecule has 1 fully saturated rings. The van der Waals surface area contributed by atoms with Crippen LogP contribution in [0.25, 0.3) is 0 Å². The van der Waals surface area contributed by atoms with Gasteiger partial charge in [0.25, 0.3) is 0 Å². The van der Waals surface area contributed by atoms with Crippen molar-refractivity contribution in [2.75, 3.05) is 29.2 Å². The Balaban J connectivity index is 1.71. The van der Waals surface area contributed by atoms with E-state index in [1.54, 1.807) is 11.0 Å². The predicted octanol–water partition coefficient (Wildman–Crippen LogP) is 2.45. The average molecular weight is 416 g/mol. The van der Waals surface area contributed by atoms with Crippen molar-refractivity contribution in [3.05, 3.63) is 52.3 Å². The van der Waals surface area contributed by atoms with Crippen molar-refractivity contribution in [3.8, 4) is 5.75 Å². The highest BCUT2D eigenvalue weighted by Gasteiger charge is 2.25. The van der Waals surface area contributed by atoms with Crippen LogP contribution in [-0.2, 0) is 14.4 Å². The minimum atomic E-state index is -1.10. The smallest absolute Gasteiger partial charge is 0.314 e. The quantitative estimate of drug-likeness (QED) is 0.437. The number of anilines is 3. The van der Waals surface area contributed by atoms with Gasteiger partial charge >= 0.3 is 17.5 Å². The first-order chi connectivity index (χ1) is 14.3. The number of nitro benzene ring substituents is 1. The molecule has 11 heteroatoms. The molecule has 0 spiro atoms. The Hall–Kier alpha value is -4.02. The summed E-state index contributed by atoms with van der Waals surface area (Å²) < 4.78 is 18.7. The lowest BCUT2D eigenvalue weighted by Crippen LogP contribution is -2.29. The van der Waals surface area contributed by atoms with Gasteiger partial charge in [-0.2, -0.15) is 4.39 Å². The normalized spacial score (nSPS) is 13.1. The van der Waals surface area contributed by atoms with E-state index in [1.165, 1.54) is 19.2 Å². The van der Waals surface area contributed by atoms with E-state index in [0.29, 0.717) is 24.4 Å². The minimum Gasteiger partial charge on any atom is -0.494 e. The van der Waals surface area contributed by atoms with Crippen LogP contribution < -0.4 is 20.3 Å². The van der Waals surface area contributed by atoms with Gasteiger partial charge < -0.3 is 20.3 Å². The maximum Gasteiger partial charge on any atom is 0.314 e. The summed E-state index contributed by atoms with van der Waals surface area (Å²) in [5.41, 5.74) is -0.137. The summed E-state index contributed by atoms with van der Waals surface area (Å²) in [4.78, 5) is 47.6. The fraction of sp³-hybridized carbons (Fsp3) is 0.211. The Morgan fingerprint density at radius 1 is 1.13 bits per heavy atom. The zero-order valence-electron chi connectivity index (χ0n) is 15.8. The molecule has 1 aliphatic rings. The van der Waals surface area contributed by atoms with Crippen LogP contribution in [0.4, 0.5) is 27.1 Å². The Morgan fingerprint density at radius 3 is 2.33 bits per heavy atom. The standard InChI is InChI=1S/C19H17FN4O6/c1-30-16-10-12(5-7-14(16)23-8-2-3-17(23)25)22-19(27)18(26)21-11-4-6-13(20)15(9-11)24(28)29/h4-7,9-10H,2-3,8H2,1H3,(H,21,26)(H,22,27). The van der Waals surface area contributed by atoms with Crippen molar-refractivity contribution < 1.29 is 28.4 Å². The number of hydrogen-bond donors (Lipinski definition) is 2. The Bertz CT molecular complexity index is 1040. The summed E-state index contributed by atoms with van der Waals surface area (Å²) in [6, 6.07) is 7.30. The second kappa shape index (κ2) is 8.55. The first-order valence-corrected chi connectivity index (χ1v) is 8.85. The second-order valence-electron chi connectivity index (χ2n) is 6.37. The Morgan fingerprint density at radius 2 is 1.77 bits per heavy atom. The SMILES string of the molecule is COc1cc(NC(=O)C(=O)Nc2ccc(F)c([N+](=O)[O-])c2)ccc1N1CCCC1=O. The van der Waals surface area contributed by atoms with Gasteiger partial charge in [-0.25, -0.2) is 0 Å². The highest BCUT2D eigenvalue weighted by atomic mass is 19.1. The molecular formula is C19H17FN4O6. The molecule has 0 saturated carbocycles. The molecule has 10 nitrogen and oxygen atoms in total. The molecule has 2 N–H and O–H groups in total. The molecule has 0 radical (unpaired) electrons. The van der Waals surface area contributed by atoms with Gasteiger partial charge in [-0.3, -0.25) is 24.5 Å². The van der Waals surface area contributed by atoms with E-state index in [-0.39, 0.29) is 17.3 Å². The van der Waals surface area contributed by atoms with Crippen LogP contribution in [0.1, 0.15) is 12.8 Å². The molecule has 1 aliphatic heterocycles. The van der Waals surface area contributed by atoms with Gasteiger partial charge in [0.2, 0.25) is 11.7 Å². The summed E-state index contributed by atoms with van der Waals surface area (Å²) in [6.45, 7) is 0.563. The van der Waals surface area contributed by atoms with Crippen molar-refractivity contribution in [2.24, 2.45) is 0 Å². The van der Waals surface area contributed by atoms with Gasteiger partial charge in [0, 0.05) is 36.5 Å². The number of nitrogens with one attached hydrogen (secondary N) is 2. The number of nitro groups is 1. The first kappa shape index (κ1) is 20.7. The maximum atomic E-state index is 13.4. The van der Waals surface area contributed by atoms with Gasteiger partial charge in [-0.05, 0) is 30.7 Å². The molecule has 0 bridgehead atoms. The van der Waals surface area contributed by atoms with Crippen LogP contribution in [0.15, 0.2) is 36.4 Å². The van der Waals surface area contributed by atoms with E-state index < -0.39 is 28.2 Å². The third kappa shape index (κ3) is 4.35.